The molecule has 0 saturated carbocycles. The Morgan fingerprint density at radius 1 is 0.974 bits per heavy atom. The SMILES string of the molecule is CCc1nn(-c2ccccc2)c2c1CN(C(=O)Nc1ccccc1F)[C@H](c1cccc(F)c1)c1cccn1-2. The number of urea groups is 1. The Kier molecular flexibility index (Phi) is 5.99. The molecule has 6 nitrogen and oxygen atoms in total. The monoisotopic (exact) mass is 509 g/mol. The van der Waals surface area contributed by atoms with Crippen LogP contribution >= 0.6 is 0 Å². The normalized spacial score (nSPS) is 14.5. The van der Waals surface area contributed by atoms with Crippen molar-refractivity contribution in [1.29, 1.82) is 0 Å². The van der Waals surface area contributed by atoms with Crippen molar-refractivity contribution in [2.75, 3.05) is 5.32 Å². The standard InChI is InChI=1S/C30H25F2N5O/c1-2-25-23-19-36(30(38)33-26-15-7-6-14-24(26)32)28(20-10-8-11-21(31)18-20)27-16-9-17-35(27)29(23)37(34-25)22-12-4-3-5-13-22/h3-18,28H,2,19H2,1H3,(H,33,38)/t28-/m1/s1. The Balaban J connectivity index is 1.57. The van der Waals surface area contributed by atoms with Gasteiger partial charge in [0.05, 0.1) is 35.3 Å². The highest BCUT2D eigenvalue weighted by Crippen LogP contribution is 2.39. The lowest BCUT2D eigenvalue weighted by Gasteiger charge is -2.31. The second kappa shape index (κ2) is 9.63. The Hall–Kier alpha value is -4.72. The molecular weight excluding hydrogens is 484 g/mol. The van der Waals surface area contributed by atoms with Gasteiger partial charge in [-0.25, -0.2) is 18.3 Å². The van der Waals surface area contributed by atoms with Crippen LogP contribution in [0.2, 0.25) is 0 Å². The average Bonchev–Trinajstić information content (AvgIpc) is 3.51. The van der Waals surface area contributed by atoms with Crippen molar-refractivity contribution in [1.82, 2.24) is 19.2 Å². The van der Waals surface area contributed by atoms with Crippen LogP contribution in [0.1, 0.15) is 35.5 Å². The van der Waals surface area contributed by atoms with E-state index < -0.39 is 23.7 Å². The number of hydrogen-bond donors (Lipinski definition) is 1. The van der Waals surface area contributed by atoms with Gasteiger partial charge in [-0.3, -0.25) is 0 Å². The molecule has 0 bridgehead atoms. The molecular formula is C30H25F2N5O. The number of carbonyl (C=O) groups excluding carboxylic acids is 1. The molecule has 0 spiro atoms. The number of rotatable bonds is 4. The van der Waals surface area contributed by atoms with Gasteiger partial charge in [-0.1, -0.05) is 49.4 Å². The van der Waals surface area contributed by atoms with E-state index in [0.29, 0.717) is 12.0 Å². The van der Waals surface area contributed by atoms with E-state index in [0.717, 1.165) is 28.5 Å². The number of fused-ring (bicyclic) bond motifs is 3. The molecule has 0 saturated heterocycles. The number of para-hydroxylation sites is 2. The lowest BCUT2D eigenvalue weighted by atomic mass is 10.0. The van der Waals surface area contributed by atoms with E-state index in [9.17, 15) is 13.6 Å². The molecule has 2 amide bonds. The Morgan fingerprint density at radius 3 is 2.53 bits per heavy atom. The van der Waals surface area contributed by atoms with Crippen LogP contribution in [0.3, 0.4) is 0 Å². The van der Waals surface area contributed by atoms with Crippen molar-refractivity contribution in [2.24, 2.45) is 0 Å². The van der Waals surface area contributed by atoms with Gasteiger partial charge in [-0.15, -0.1) is 0 Å². The first-order valence-corrected chi connectivity index (χ1v) is 12.5. The molecule has 0 fully saturated rings. The summed E-state index contributed by atoms with van der Waals surface area (Å²) in [5.74, 6) is -0.120. The highest BCUT2D eigenvalue weighted by Gasteiger charge is 2.36. The molecule has 3 aromatic carbocycles. The highest BCUT2D eigenvalue weighted by atomic mass is 19.1. The van der Waals surface area contributed by atoms with E-state index >= 15 is 0 Å². The van der Waals surface area contributed by atoms with Crippen molar-refractivity contribution in [2.45, 2.75) is 25.9 Å². The Morgan fingerprint density at radius 2 is 1.76 bits per heavy atom. The third-order valence-corrected chi connectivity index (χ3v) is 6.84. The average molecular weight is 510 g/mol. The molecule has 8 heteroatoms. The van der Waals surface area contributed by atoms with Gasteiger partial charge in [-0.05, 0) is 60.5 Å². The molecule has 5 aromatic rings. The van der Waals surface area contributed by atoms with Crippen LogP contribution in [-0.2, 0) is 13.0 Å². The van der Waals surface area contributed by atoms with Gasteiger partial charge in [0.1, 0.15) is 17.5 Å². The van der Waals surface area contributed by atoms with Crippen molar-refractivity contribution in [3.05, 3.63) is 131 Å². The second-order valence-electron chi connectivity index (χ2n) is 9.15. The summed E-state index contributed by atoms with van der Waals surface area (Å²) in [4.78, 5) is 15.5. The molecule has 0 unspecified atom stereocenters. The number of benzene rings is 3. The molecule has 6 rings (SSSR count). The summed E-state index contributed by atoms with van der Waals surface area (Å²) in [7, 11) is 0. The van der Waals surface area contributed by atoms with Gasteiger partial charge in [0.25, 0.3) is 0 Å². The first-order chi connectivity index (χ1) is 18.5. The molecule has 1 aliphatic heterocycles. The smallest absolute Gasteiger partial charge is 0.307 e. The Labute approximate surface area is 218 Å². The van der Waals surface area contributed by atoms with E-state index in [1.54, 1.807) is 29.2 Å². The predicted octanol–water partition coefficient (Wildman–Crippen LogP) is 6.64. The van der Waals surface area contributed by atoms with Gasteiger partial charge in [0.2, 0.25) is 0 Å². The summed E-state index contributed by atoms with van der Waals surface area (Å²) in [6.45, 7) is 2.21. The number of halogens is 2. The predicted molar refractivity (Wildman–Crippen MR) is 141 cm³/mol. The zero-order valence-corrected chi connectivity index (χ0v) is 20.7. The first kappa shape index (κ1) is 23.7. The number of hydrogen-bond acceptors (Lipinski definition) is 2. The van der Waals surface area contributed by atoms with Crippen LogP contribution in [0.25, 0.3) is 11.5 Å². The first-order valence-electron chi connectivity index (χ1n) is 12.5. The maximum absolute atomic E-state index is 14.5. The zero-order chi connectivity index (χ0) is 26.2. The molecule has 2 aromatic heterocycles. The van der Waals surface area contributed by atoms with Crippen LogP contribution in [0.4, 0.5) is 19.3 Å². The van der Waals surface area contributed by atoms with E-state index in [4.69, 9.17) is 5.10 Å². The van der Waals surface area contributed by atoms with Crippen LogP contribution in [-0.4, -0.2) is 25.3 Å². The fourth-order valence-corrected chi connectivity index (χ4v) is 5.13. The summed E-state index contributed by atoms with van der Waals surface area (Å²) in [5.41, 5.74) is 4.04. The van der Waals surface area contributed by atoms with E-state index in [-0.39, 0.29) is 12.2 Å². The van der Waals surface area contributed by atoms with Gasteiger partial charge < -0.3 is 14.8 Å². The van der Waals surface area contributed by atoms with Crippen LogP contribution in [0, 0.1) is 11.6 Å². The minimum Gasteiger partial charge on any atom is -0.307 e. The van der Waals surface area contributed by atoms with Gasteiger partial charge in [0.15, 0.2) is 0 Å². The summed E-state index contributed by atoms with van der Waals surface area (Å²) < 4.78 is 32.9. The van der Waals surface area contributed by atoms with Crippen molar-refractivity contribution < 1.29 is 13.6 Å². The molecule has 190 valence electrons. The molecule has 1 atom stereocenters. The lowest BCUT2D eigenvalue weighted by Crippen LogP contribution is -2.38. The highest BCUT2D eigenvalue weighted by molar-refractivity contribution is 5.90. The van der Waals surface area contributed by atoms with Crippen molar-refractivity contribution in [3.8, 4) is 11.5 Å². The van der Waals surface area contributed by atoms with E-state index in [2.05, 4.69) is 5.32 Å². The minimum absolute atomic E-state index is 0.0750. The summed E-state index contributed by atoms with van der Waals surface area (Å²) in [6, 6.07) is 24.8. The second-order valence-corrected chi connectivity index (χ2v) is 9.15. The molecule has 38 heavy (non-hydrogen) atoms. The Bertz CT molecular complexity index is 1620. The van der Waals surface area contributed by atoms with E-state index in [1.165, 1.54) is 24.3 Å². The number of aryl methyl sites for hydroxylation is 1. The number of nitrogens with zero attached hydrogens (tertiary/aromatic N) is 4. The number of carbonyl (C=O) groups is 1. The lowest BCUT2D eigenvalue weighted by molar-refractivity contribution is 0.194. The number of aromatic nitrogens is 3. The zero-order valence-electron chi connectivity index (χ0n) is 20.7. The quantitative estimate of drug-likeness (QED) is 0.295. The van der Waals surface area contributed by atoms with Gasteiger partial charge in [0, 0.05) is 11.8 Å². The third kappa shape index (κ3) is 4.04. The van der Waals surface area contributed by atoms with E-state index in [1.807, 2.05) is 64.8 Å². The number of anilines is 1. The van der Waals surface area contributed by atoms with Crippen LogP contribution in [0.15, 0.2) is 97.2 Å². The summed E-state index contributed by atoms with van der Waals surface area (Å²) >= 11 is 0. The molecule has 0 aliphatic carbocycles. The molecule has 1 N–H and O–H groups in total. The molecule has 0 radical (unpaired) electrons. The molecule has 3 heterocycles. The maximum Gasteiger partial charge on any atom is 0.323 e. The maximum atomic E-state index is 14.5. The number of amides is 2. The van der Waals surface area contributed by atoms with Gasteiger partial charge in [-0.2, -0.15) is 5.10 Å². The third-order valence-electron chi connectivity index (χ3n) is 6.84. The summed E-state index contributed by atoms with van der Waals surface area (Å²) in [6.07, 6.45) is 2.57. The largest absolute Gasteiger partial charge is 0.323 e. The van der Waals surface area contributed by atoms with Crippen molar-refractivity contribution >= 4 is 11.7 Å². The minimum atomic E-state index is -0.645. The number of nitrogens with one attached hydrogen (secondary N) is 1. The fourth-order valence-electron chi connectivity index (χ4n) is 5.13. The molecule has 1 aliphatic rings. The fraction of sp³-hybridized carbons (Fsp3) is 0.133. The van der Waals surface area contributed by atoms with Crippen molar-refractivity contribution in [3.63, 3.8) is 0 Å². The van der Waals surface area contributed by atoms with Crippen LogP contribution in [0.5, 0.6) is 0 Å². The topological polar surface area (TPSA) is 55.1 Å². The summed E-state index contributed by atoms with van der Waals surface area (Å²) in [5, 5.41) is 7.66. The van der Waals surface area contributed by atoms with Gasteiger partial charge >= 0.3 is 6.03 Å². The van der Waals surface area contributed by atoms with Crippen LogP contribution < -0.4 is 5.32 Å².